The van der Waals surface area contributed by atoms with Gasteiger partial charge in [-0.15, -0.1) is 0 Å². The monoisotopic (exact) mass is 370 g/mol. The fraction of sp³-hybridized carbons (Fsp3) is 0.357. The Bertz CT molecular complexity index is 659. The first-order chi connectivity index (χ1) is 11.0. The van der Waals surface area contributed by atoms with Gasteiger partial charge in [-0.1, -0.05) is 24.0 Å². The minimum Gasteiger partial charge on any atom is -0.465 e. The maximum Gasteiger partial charge on any atom is 0.266 e. The molecule has 2 aliphatic heterocycles. The molecular formula is C14H14N2O4S3. The number of hydrogen-bond acceptors (Lipinski definition) is 7. The van der Waals surface area contributed by atoms with E-state index in [1.165, 1.54) is 11.2 Å². The SMILES string of the molecule is O=C(CN1C(=O)C(=Cc2ccco2)SC1=S)N[C@@H]1CSC[C@@H]1O. The number of nitrogens with one attached hydrogen (secondary N) is 1. The fourth-order valence-electron chi connectivity index (χ4n) is 2.22. The molecule has 2 fully saturated rings. The molecule has 0 spiro atoms. The highest BCUT2D eigenvalue weighted by Gasteiger charge is 2.35. The van der Waals surface area contributed by atoms with E-state index in [1.54, 1.807) is 30.0 Å². The summed E-state index contributed by atoms with van der Waals surface area (Å²) in [7, 11) is 0. The number of hydrogen-bond donors (Lipinski definition) is 2. The molecule has 2 aliphatic rings. The summed E-state index contributed by atoms with van der Waals surface area (Å²) in [6, 6.07) is 3.19. The lowest BCUT2D eigenvalue weighted by molar-refractivity contribution is -0.129. The van der Waals surface area contributed by atoms with E-state index in [2.05, 4.69) is 5.32 Å². The van der Waals surface area contributed by atoms with Crippen LogP contribution in [0.1, 0.15) is 5.76 Å². The van der Waals surface area contributed by atoms with Gasteiger partial charge in [0.05, 0.1) is 23.3 Å². The second kappa shape index (κ2) is 7.08. The van der Waals surface area contributed by atoms with Crippen LogP contribution < -0.4 is 5.32 Å². The van der Waals surface area contributed by atoms with Gasteiger partial charge in [0, 0.05) is 17.6 Å². The molecule has 122 valence electrons. The summed E-state index contributed by atoms with van der Waals surface area (Å²) >= 11 is 7.90. The van der Waals surface area contributed by atoms with Crippen LogP contribution in [-0.4, -0.2) is 56.3 Å². The number of carbonyl (C=O) groups is 2. The van der Waals surface area contributed by atoms with Gasteiger partial charge in [-0.3, -0.25) is 14.5 Å². The van der Waals surface area contributed by atoms with Crippen molar-refractivity contribution in [2.45, 2.75) is 12.1 Å². The van der Waals surface area contributed by atoms with E-state index in [0.29, 0.717) is 26.5 Å². The Morgan fingerprint density at radius 1 is 1.57 bits per heavy atom. The average Bonchev–Trinajstić information content (AvgIpc) is 3.20. The van der Waals surface area contributed by atoms with E-state index in [4.69, 9.17) is 16.6 Å². The van der Waals surface area contributed by atoms with Crippen LogP contribution in [-0.2, 0) is 9.59 Å². The van der Waals surface area contributed by atoms with Crippen LogP contribution in [0.5, 0.6) is 0 Å². The lowest BCUT2D eigenvalue weighted by Gasteiger charge is -2.18. The maximum absolute atomic E-state index is 12.4. The third-order valence-corrected chi connectivity index (χ3v) is 5.94. The molecule has 2 N–H and O–H groups in total. The molecule has 1 aromatic rings. The summed E-state index contributed by atoms with van der Waals surface area (Å²) in [5.41, 5.74) is 0. The Hall–Kier alpha value is -1.29. The Morgan fingerprint density at radius 3 is 3.04 bits per heavy atom. The van der Waals surface area contributed by atoms with Gasteiger partial charge in [-0.25, -0.2) is 0 Å². The number of rotatable bonds is 4. The van der Waals surface area contributed by atoms with E-state index in [9.17, 15) is 14.7 Å². The summed E-state index contributed by atoms with van der Waals surface area (Å²) in [6.07, 6.45) is 2.58. The van der Waals surface area contributed by atoms with E-state index < -0.39 is 6.10 Å². The number of thiocarbonyl (C=S) groups is 1. The third-order valence-electron chi connectivity index (χ3n) is 3.39. The van der Waals surface area contributed by atoms with Crippen molar-refractivity contribution in [2.75, 3.05) is 18.1 Å². The number of thioether (sulfide) groups is 2. The van der Waals surface area contributed by atoms with Gasteiger partial charge in [-0.05, 0) is 12.1 Å². The van der Waals surface area contributed by atoms with Crippen molar-refractivity contribution in [3.8, 4) is 0 Å². The normalized spacial score (nSPS) is 26.3. The van der Waals surface area contributed by atoms with Crippen molar-refractivity contribution in [3.05, 3.63) is 29.1 Å². The van der Waals surface area contributed by atoms with Crippen LogP contribution in [0, 0.1) is 0 Å². The lowest BCUT2D eigenvalue weighted by atomic mass is 10.2. The largest absolute Gasteiger partial charge is 0.465 e. The first-order valence-electron chi connectivity index (χ1n) is 6.88. The minimum absolute atomic E-state index is 0.145. The van der Waals surface area contributed by atoms with Gasteiger partial charge < -0.3 is 14.8 Å². The standard InChI is InChI=1S/C14H14N2O4S3/c17-10-7-22-6-9(10)15-12(18)5-16-13(19)11(23-14(16)21)4-8-2-1-3-20-8/h1-4,9-10,17H,5-7H2,(H,15,18)/t9-,10+/m1/s1. The number of nitrogens with zero attached hydrogens (tertiary/aromatic N) is 1. The van der Waals surface area contributed by atoms with Crippen LogP contribution in [0.4, 0.5) is 0 Å². The first kappa shape index (κ1) is 16.6. The minimum atomic E-state index is -0.547. The van der Waals surface area contributed by atoms with Crippen LogP contribution in [0.2, 0.25) is 0 Å². The van der Waals surface area contributed by atoms with Gasteiger partial charge in [0.15, 0.2) is 0 Å². The molecule has 0 unspecified atom stereocenters. The number of amides is 2. The van der Waals surface area contributed by atoms with Crippen LogP contribution >= 0.6 is 35.7 Å². The van der Waals surface area contributed by atoms with Gasteiger partial charge in [0.2, 0.25) is 5.91 Å². The predicted molar refractivity (Wildman–Crippen MR) is 93.8 cm³/mol. The summed E-state index contributed by atoms with van der Waals surface area (Å²) in [5.74, 6) is 1.20. The molecule has 3 rings (SSSR count). The highest BCUT2D eigenvalue weighted by Crippen LogP contribution is 2.32. The maximum atomic E-state index is 12.4. The van der Waals surface area contributed by atoms with Gasteiger partial charge in [0.1, 0.15) is 16.6 Å². The van der Waals surface area contributed by atoms with Gasteiger partial charge in [-0.2, -0.15) is 11.8 Å². The van der Waals surface area contributed by atoms with Crippen molar-refractivity contribution >= 4 is 58.0 Å². The van der Waals surface area contributed by atoms with E-state index in [0.717, 1.165) is 11.8 Å². The third kappa shape index (κ3) is 3.79. The topological polar surface area (TPSA) is 82.8 Å². The van der Waals surface area contributed by atoms with E-state index in [1.807, 2.05) is 0 Å². The van der Waals surface area contributed by atoms with Gasteiger partial charge in [0.25, 0.3) is 5.91 Å². The Labute approximate surface area is 146 Å². The van der Waals surface area contributed by atoms with Crippen LogP contribution in [0.15, 0.2) is 27.7 Å². The molecule has 3 heterocycles. The summed E-state index contributed by atoms with van der Waals surface area (Å²) in [5, 5.41) is 12.5. The Balaban J connectivity index is 1.62. The Kier molecular flexibility index (Phi) is 5.10. The second-order valence-electron chi connectivity index (χ2n) is 5.06. The van der Waals surface area contributed by atoms with Crippen molar-refractivity contribution in [1.29, 1.82) is 0 Å². The molecular weight excluding hydrogens is 356 g/mol. The summed E-state index contributed by atoms with van der Waals surface area (Å²) in [4.78, 5) is 26.1. The zero-order chi connectivity index (χ0) is 16.4. The summed E-state index contributed by atoms with van der Waals surface area (Å²) < 4.78 is 5.52. The molecule has 0 radical (unpaired) electrons. The van der Waals surface area contributed by atoms with Crippen LogP contribution in [0.25, 0.3) is 6.08 Å². The Morgan fingerprint density at radius 2 is 2.39 bits per heavy atom. The van der Waals surface area contributed by atoms with E-state index in [-0.39, 0.29) is 24.4 Å². The highest BCUT2D eigenvalue weighted by molar-refractivity contribution is 8.26. The molecule has 6 nitrogen and oxygen atoms in total. The van der Waals surface area contributed by atoms with Gasteiger partial charge >= 0.3 is 0 Å². The number of aliphatic hydroxyl groups excluding tert-OH is 1. The molecule has 0 bridgehead atoms. The van der Waals surface area contributed by atoms with E-state index >= 15 is 0 Å². The molecule has 0 aliphatic carbocycles. The predicted octanol–water partition coefficient (Wildman–Crippen LogP) is 1.07. The molecule has 23 heavy (non-hydrogen) atoms. The second-order valence-corrected chi connectivity index (χ2v) is 7.81. The molecule has 2 saturated heterocycles. The zero-order valence-corrected chi connectivity index (χ0v) is 14.4. The smallest absolute Gasteiger partial charge is 0.266 e. The lowest BCUT2D eigenvalue weighted by Crippen LogP contribution is -2.47. The van der Waals surface area contributed by atoms with Crippen molar-refractivity contribution < 1.29 is 19.1 Å². The fourth-order valence-corrected chi connectivity index (χ4v) is 4.62. The summed E-state index contributed by atoms with van der Waals surface area (Å²) in [6.45, 7) is -0.145. The number of furan rings is 1. The molecule has 1 aromatic heterocycles. The number of carbonyl (C=O) groups excluding carboxylic acids is 2. The molecule has 0 saturated carbocycles. The zero-order valence-electron chi connectivity index (χ0n) is 11.9. The van der Waals surface area contributed by atoms with Crippen molar-refractivity contribution in [3.63, 3.8) is 0 Å². The average molecular weight is 370 g/mol. The highest BCUT2D eigenvalue weighted by atomic mass is 32.2. The first-order valence-corrected chi connectivity index (χ1v) is 9.26. The van der Waals surface area contributed by atoms with Crippen molar-refractivity contribution in [1.82, 2.24) is 10.2 Å². The van der Waals surface area contributed by atoms with Crippen molar-refractivity contribution in [2.24, 2.45) is 0 Å². The van der Waals surface area contributed by atoms with Crippen LogP contribution in [0.3, 0.4) is 0 Å². The molecule has 2 atom stereocenters. The molecule has 2 amide bonds. The molecule has 9 heteroatoms. The molecule has 0 aromatic carbocycles. The quantitative estimate of drug-likeness (QED) is 0.606. The number of aliphatic hydroxyl groups is 1.